The highest BCUT2D eigenvalue weighted by Gasteiger charge is 2.19. The minimum atomic E-state index is -0.591. The number of halogens is 2. The number of hydrogen-bond acceptors (Lipinski definition) is 5. The highest BCUT2D eigenvalue weighted by atomic mass is 79.9. The molecule has 0 heterocycles. The van der Waals surface area contributed by atoms with E-state index in [9.17, 15) is 20.3 Å². The third-order valence-corrected chi connectivity index (χ3v) is 4.08. The van der Waals surface area contributed by atoms with Crippen LogP contribution >= 0.6 is 32.9 Å². The number of nitrogen functional groups attached to an aromatic ring is 1. The first-order chi connectivity index (χ1) is 11.6. The molecular weight excluding hydrogens is 468 g/mol. The SMILES string of the molecule is Br.CC(C)c1cc(Br)cc([N+](=O)[O-])c1O.CC(C)c1cccc(N)c1O. The van der Waals surface area contributed by atoms with Gasteiger partial charge in [-0.3, -0.25) is 10.1 Å². The zero-order valence-electron chi connectivity index (χ0n) is 15.1. The molecule has 2 rings (SSSR count). The Bertz CT molecular complexity index is 765. The van der Waals surface area contributed by atoms with E-state index in [0.717, 1.165) is 5.56 Å². The van der Waals surface area contributed by atoms with Crippen LogP contribution in [0.15, 0.2) is 34.8 Å². The quantitative estimate of drug-likeness (QED) is 0.215. The van der Waals surface area contributed by atoms with Crippen LogP contribution in [0.5, 0.6) is 11.5 Å². The van der Waals surface area contributed by atoms with Crippen LogP contribution in [-0.4, -0.2) is 15.1 Å². The molecule has 0 radical (unpaired) electrons. The van der Waals surface area contributed by atoms with Gasteiger partial charge in [0.05, 0.1) is 10.6 Å². The molecule has 0 saturated heterocycles. The largest absolute Gasteiger partial charge is 0.505 e. The number of hydrogen-bond donors (Lipinski definition) is 3. The number of anilines is 1. The summed E-state index contributed by atoms with van der Waals surface area (Å²) in [5.74, 6) is 0.348. The molecular formula is C18H24Br2N2O4. The summed E-state index contributed by atoms with van der Waals surface area (Å²) in [5, 5.41) is 29.6. The van der Waals surface area contributed by atoms with Crippen molar-refractivity contribution in [3.05, 3.63) is 56.0 Å². The molecule has 8 heteroatoms. The highest BCUT2D eigenvalue weighted by molar-refractivity contribution is 9.10. The summed E-state index contributed by atoms with van der Waals surface area (Å²) < 4.78 is 0.603. The van der Waals surface area contributed by atoms with Crippen molar-refractivity contribution in [1.29, 1.82) is 0 Å². The van der Waals surface area contributed by atoms with Crippen molar-refractivity contribution in [3.63, 3.8) is 0 Å². The second-order valence-electron chi connectivity index (χ2n) is 6.21. The molecule has 2 aromatic carbocycles. The lowest BCUT2D eigenvalue weighted by Crippen LogP contribution is -1.94. The van der Waals surface area contributed by atoms with Gasteiger partial charge in [0.2, 0.25) is 0 Å². The Balaban J connectivity index is 0.000000475. The van der Waals surface area contributed by atoms with E-state index in [2.05, 4.69) is 15.9 Å². The Morgan fingerprint density at radius 3 is 2.00 bits per heavy atom. The number of rotatable bonds is 3. The van der Waals surface area contributed by atoms with E-state index in [1.165, 1.54) is 6.07 Å². The first-order valence-corrected chi connectivity index (χ1v) is 8.59. The Morgan fingerprint density at radius 1 is 1.04 bits per heavy atom. The van der Waals surface area contributed by atoms with E-state index in [0.29, 0.717) is 21.6 Å². The van der Waals surface area contributed by atoms with Crippen LogP contribution in [0.1, 0.15) is 50.7 Å². The van der Waals surface area contributed by atoms with Crippen molar-refractivity contribution in [1.82, 2.24) is 0 Å². The normalized spacial score (nSPS) is 10.1. The van der Waals surface area contributed by atoms with Crippen LogP contribution in [0.3, 0.4) is 0 Å². The van der Waals surface area contributed by atoms with Crippen molar-refractivity contribution in [2.24, 2.45) is 0 Å². The van der Waals surface area contributed by atoms with Crippen LogP contribution in [-0.2, 0) is 0 Å². The van der Waals surface area contributed by atoms with Crippen molar-refractivity contribution in [2.75, 3.05) is 5.73 Å². The molecule has 2 aromatic rings. The molecule has 0 fully saturated rings. The Labute approximate surface area is 172 Å². The average Bonchev–Trinajstić information content (AvgIpc) is 2.51. The molecule has 0 spiro atoms. The fourth-order valence-electron chi connectivity index (χ4n) is 2.23. The molecule has 0 aromatic heterocycles. The molecule has 6 nitrogen and oxygen atoms in total. The summed E-state index contributed by atoms with van der Waals surface area (Å²) in [5.41, 5.74) is 7.18. The van der Waals surface area contributed by atoms with Gasteiger partial charge < -0.3 is 15.9 Å². The molecule has 0 unspecified atom stereocenters. The molecule has 0 aliphatic rings. The highest BCUT2D eigenvalue weighted by Crippen LogP contribution is 2.37. The summed E-state index contributed by atoms with van der Waals surface area (Å²) in [6.07, 6.45) is 0. The summed E-state index contributed by atoms with van der Waals surface area (Å²) in [4.78, 5) is 9.98. The number of para-hydroxylation sites is 1. The van der Waals surface area contributed by atoms with E-state index in [1.807, 2.05) is 39.8 Å². The molecule has 144 valence electrons. The van der Waals surface area contributed by atoms with Crippen molar-refractivity contribution in [2.45, 2.75) is 39.5 Å². The van der Waals surface area contributed by atoms with E-state index in [-0.39, 0.29) is 40.1 Å². The molecule has 0 aliphatic carbocycles. The summed E-state index contributed by atoms with van der Waals surface area (Å²) >= 11 is 3.17. The predicted molar refractivity (Wildman–Crippen MR) is 113 cm³/mol. The smallest absolute Gasteiger partial charge is 0.312 e. The van der Waals surface area contributed by atoms with Gasteiger partial charge in [0.25, 0.3) is 0 Å². The Morgan fingerprint density at radius 2 is 1.58 bits per heavy atom. The van der Waals surface area contributed by atoms with Gasteiger partial charge in [0.1, 0.15) is 5.75 Å². The zero-order chi connectivity index (χ0) is 19.3. The monoisotopic (exact) mass is 490 g/mol. The van der Waals surface area contributed by atoms with Crippen molar-refractivity contribution in [3.8, 4) is 11.5 Å². The third kappa shape index (κ3) is 6.17. The first kappa shape index (κ1) is 24.2. The number of phenolic OH excluding ortho intramolecular Hbond substituents is 2. The maximum absolute atomic E-state index is 10.6. The lowest BCUT2D eigenvalue weighted by atomic mass is 10.0. The minimum absolute atomic E-state index is 0. The van der Waals surface area contributed by atoms with Gasteiger partial charge in [-0.05, 0) is 29.5 Å². The number of nitrogens with two attached hydrogens (primary N) is 1. The minimum Gasteiger partial charge on any atom is -0.505 e. The fourth-order valence-corrected chi connectivity index (χ4v) is 2.69. The van der Waals surface area contributed by atoms with Crippen LogP contribution in [0.25, 0.3) is 0 Å². The Kier molecular flexibility index (Phi) is 9.66. The van der Waals surface area contributed by atoms with E-state index >= 15 is 0 Å². The van der Waals surface area contributed by atoms with Crippen molar-refractivity contribution >= 4 is 44.3 Å². The number of phenols is 2. The standard InChI is InChI=1S/C9H10BrNO3.C9H13NO.BrH/c1-5(2)7-3-6(10)4-8(9(7)12)11(13)14;1-6(2)7-4-3-5-8(10)9(7)11;/h3-5,12H,1-2H3;3-6,11H,10H2,1-2H3;1H. The van der Waals surface area contributed by atoms with Gasteiger partial charge in [-0.25, -0.2) is 0 Å². The molecule has 0 amide bonds. The summed E-state index contributed by atoms with van der Waals surface area (Å²) in [7, 11) is 0. The second-order valence-corrected chi connectivity index (χ2v) is 7.13. The lowest BCUT2D eigenvalue weighted by Gasteiger charge is -2.08. The van der Waals surface area contributed by atoms with Gasteiger partial charge in [-0.2, -0.15) is 0 Å². The molecule has 0 aliphatic heterocycles. The van der Waals surface area contributed by atoms with Gasteiger partial charge in [0.15, 0.2) is 5.75 Å². The van der Waals surface area contributed by atoms with Crippen LogP contribution in [0.4, 0.5) is 11.4 Å². The first-order valence-electron chi connectivity index (χ1n) is 7.80. The molecule has 0 bridgehead atoms. The van der Waals surface area contributed by atoms with Gasteiger partial charge >= 0.3 is 5.69 Å². The third-order valence-electron chi connectivity index (χ3n) is 3.62. The number of nitrogens with zero attached hydrogens (tertiary/aromatic N) is 1. The maximum atomic E-state index is 10.6. The zero-order valence-corrected chi connectivity index (χ0v) is 18.4. The number of benzene rings is 2. The summed E-state index contributed by atoms with van der Waals surface area (Å²) in [6, 6.07) is 8.41. The molecule has 26 heavy (non-hydrogen) atoms. The lowest BCUT2D eigenvalue weighted by molar-refractivity contribution is -0.386. The van der Waals surface area contributed by atoms with Gasteiger partial charge in [-0.15, -0.1) is 17.0 Å². The predicted octanol–water partition coefficient (Wildman–Crippen LogP) is 5.86. The Hall–Kier alpha value is -1.80. The average molecular weight is 492 g/mol. The second kappa shape index (κ2) is 10.4. The van der Waals surface area contributed by atoms with Crippen LogP contribution < -0.4 is 5.73 Å². The van der Waals surface area contributed by atoms with Gasteiger partial charge in [-0.1, -0.05) is 55.8 Å². The molecule has 4 N–H and O–H groups in total. The van der Waals surface area contributed by atoms with Crippen LogP contribution in [0, 0.1) is 10.1 Å². The van der Waals surface area contributed by atoms with Crippen molar-refractivity contribution < 1.29 is 15.1 Å². The molecule has 0 atom stereocenters. The number of aromatic hydroxyl groups is 2. The fraction of sp³-hybridized carbons (Fsp3) is 0.333. The maximum Gasteiger partial charge on any atom is 0.312 e. The number of nitro groups is 1. The topological polar surface area (TPSA) is 110 Å². The summed E-state index contributed by atoms with van der Waals surface area (Å²) in [6.45, 7) is 7.78. The molecule has 0 saturated carbocycles. The van der Waals surface area contributed by atoms with E-state index in [4.69, 9.17) is 5.73 Å². The number of nitro benzene ring substituents is 1. The van der Waals surface area contributed by atoms with E-state index < -0.39 is 4.92 Å². The van der Waals surface area contributed by atoms with E-state index in [1.54, 1.807) is 12.1 Å². The van der Waals surface area contributed by atoms with Crippen LogP contribution in [0.2, 0.25) is 0 Å². The van der Waals surface area contributed by atoms with Gasteiger partial charge in [0, 0.05) is 16.1 Å².